The highest BCUT2D eigenvalue weighted by Crippen LogP contribution is 2.15. The van der Waals surface area contributed by atoms with Gasteiger partial charge in [-0.05, 0) is 18.6 Å². The number of benzene rings is 2. The zero-order valence-corrected chi connectivity index (χ0v) is 10.9. The van der Waals surface area contributed by atoms with E-state index in [0.29, 0.717) is 12.1 Å². The molecule has 0 heterocycles. The second-order valence-corrected chi connectivity index (χ2v) is 4.62. The Balaban J connectivity index is 2.06. The van der Waals surface area contributed by atoms with Gasteiger partial charge in [-0.25, -0.2) is 4.39 Å². The molecule has 1 atom stereocenters. The molecule has 19 heavy (non-hydrogen) atoms. The number of rotatable bonds is 5. The summed E-state index contributed by atoms with van der Waals surface area (Å²) in [5.41, 5.74) is 2.64. The number of nitrogens with one attached hydrogen (secondary N) is 1. The molecule has 100 valence electrons. The van der Waals surface area contributed by atoms with Gasteiger partial charge < -0.3 is 10.4 Å². The fourth-order valence-corrected chi connectivity index (χ4v) is 2.05. The fourth-order valence-electron chi connectivity index (χ4n) is 2.05. The van der Waals surface area contributed by atoms with Crippen molar-refractivity contribution in [3.05, 3.63) is 71.0 Å². The van der Waals surface area contributed by atoms with Crippen molar-refractivity contribution in [2.75, 3.05) is 6.61 Å². The third-order valence-electron chi connectivity index (χ3n) is 3.12. The molecule has 0 spiro atoms. The standard InChI is InChI=1S/C16H18FNO/c1-12-7-8-15(17)14(9-12)10-18-16(11-19)13-5-3-2-4-6-13/h2-9,16,18-19H,10-11H2,1H3/t16-/m1/s1. The summed E-state index contributed by atoms with van der Waals surface area (Å²) in [6, 6.07) is 14.5. The molecule has 2 aromatic rings. The van der Waals surface area contributed by atoms with Crippen molar-refractivity contribution in [2.45, 2.75) is 19.5 Å². The molecule has 0 aliphatic carbocycles. The second kappa shape index (κ2) is 6.45. The van der Waals surface area contributed by atoms with Gasteiger partial charge in [-0.2, -0.15) is 0 Å². The Hall–Kier alpha value is -1.71. The zero-order valence-electron chi connectivity index (χ0n) is 10.9. The van der Waals surface area contributed by atoms with Gasteiger partial charge in [-0.15, -0.1) is 0 Å². The Morgan fingerprint density at radius 3 is 2.58 bits per heavy atom. The van der Waals surface area contributed by atoms with Gasteiger partial charge in [-0.3, -0.25) is 0 Å². The number of aliphatic hydroxyl groups is 1. The highest BCUT2D eigenvalue weighted by atomic mass is 19.1. The fraction of sp³-hybridized carbons (Fsp3) is 0.250. The summed E-state index contributed by atoms with van der Waals surface area (Å²) in [5, 5.41) is 12.6. The molecular formula is C16H18FNO. The van der Waals surface area contributed by atoms with Crippen LogP contribution >= 0.6 is 0 Å². The van der Waals surface area contributed by atoms with Gasteiger partial charge in [0.2, 0.25) is 0 Å². The van der Waals surface area contributed by atoms with E-state index >= 15 is 0 Å². The quantitative estimate of drug-likeness (QED) is 0.865. The van der Waals surface area contributed by atoms with E-state index in [1.54, 1.807) is 6.07 Å². The Labute approximate surface area is 112 Å². The van der Waals surface area contributed by atoms with Crippen LogP contribution in [0, 0.1) is 12.7 Å². The van der Waals surface area contributed by atoms with E-state index in [9.17, 15) is 9.50 Å². The van der Waals surface area contributed by atoms with Crippen LogP contribution < -0.4 is 5.32 Å². The lowest BCUT2D eigenvalue weighted by Gasteiger charge is -2.17. The molecule has 2 N–H and O–H groups in total. The largest absolute Gasteiger partial charge is 0.394 e. The minimum atomic E-state index is -0.220. The first-order valence-electron chi connectivity index (χ1n) is 6.35. The van der Waals surface area contributed by atoms with Crippen LogP contribution in [0.4, 0.5) is 4.39 Å². The van der Waals surface area contributed by atoms with Crippen LogP contribution in [0.5, 0.6) is 0 Å². The topological polar surface area (TPSA) is 32.3 Å². The van der Waals surface area contributed by atoms with Crippen LogP contribution in [0.15, 0.2) is 48.5 Å². The molecule has 0 amide bonds. The van der Waals surface area contributed by atoms with Crippen LogP contribution in [0.25, 0.3) is 0 Å². The first-order valence-corrected chi connectivity index (χ1v) is 6.35. The molecular weight excluding hydrogens is 241 g/mol. The molecule has 0 aliphatic rings. The minimum absolute atomic E-state index is 0.0164. The first kappa shape index (κ1) is 13.7. The lowest BCUT2D eigenvalue weighted by atomic mass is 10.1. The SMILES string of the molecule is Cc1ccc(F)c(CN[C@H](CO)c2ccccc2)c1. The van der Waals surface area contributed by atoms with Crippen molar-refractivity contribution in [1.29, 1.82) is 0 Å². The van der Waals surface area contributed by atoms with Crippen molar-refractivity contribution < 1.29 is 9.50 Å². The van der Waals surface area contributed by atoms with Crippen LogP contribution in [-0.4, -0.2) is 11.7 Å². The molecule has 0 saturated carbocycles. The lowest BCUT2D eigenvalue weighted by molar-refractivity contribution is 0.243. The summed E-state index contributed by atoms with van der Waals surface area (Å²) >= 11 is 0. The predicted molar refractivity (Wildman–Crippen MR) is 74.2 cm³/mol. The number of hydrogen-bond donors (Lipinski definition) is 2. The molecule has 0 radical (unpaired) electrons. The van der Waals surface area contributed by atoms with E-state index in [2.05, 4.69) is 5.32 Å². The Morgan fingerprint density at radius 1 is 1.16 bits per heavy atom. The molecule has 3 heteroatoms. The number of hydrogen-bond acceptors (Lipinski definition) is 2. The maximum atomic E-state index is 13.6. The monoisotopic (exact) mass is 259 g/mol. The van der Waals surface area contributed by atoms with Crippen molar-refractivity contribution >= 4 is 0 Å². The summed E-state index contributed by atoms with van der Waals surface area (Å²) in [6.07, 6.45) is 0. The van der Waals surface area contributed by atoms with Gasteiger partial charge in [0.1, 0.15) is 5.82 Å². The van der Waals surface area contributed by atoms with Crippen LogP contribution in [0.1, 0.15) is 22.7 Å². The third kappa shape index (κ3) is 3.63. The van der Waals surface area contributed by atoms with Gasteiger partial charge >= 0.3 is 0 Å². The van der Waals surface area contributed by atoms with Crippen molar-refractivity contribution in [1.82, 2.24) is 5.32 Å². The van der Waals surface area contributed by atoms with E-state index in [1.807, 2.05) is 43.3 Å². The maximum absolute atomic E-state index is 13.6. The average molecular weight is 259 g/mol. The minimum Gasteiger partial charge on any atom is -0.394 e. The number of aryl methyl sites for hydroxylation is 1. The third-order valence-corrected chi connectivity index (χ3v) is 3.12. The summed E-state index contributed by atoms with van der Waals surface area (Å²) in [7, 11) is 0. The Morgan fingerprint density at radius 2 is 1.89 bits per heavy atom. The molecule has 0 aromatic heterocycles. The van der Waals surface area contributed by atoms with Gasteiger partial charge in [0.25, 0.3) is 0 Å². The second-order valence-electron chi connectivity index (χ2n) is 4.62. The summed E-state index contributed by atoms with van der Waals surface area (Å²) in [4.78, 5) is 0. The summed E-state index contributed by atoms with van der Waals surface area (Å²) < 4.78 is 13.6. The maximum Gasteiger partial charge on any atom is 0.127 e. The average Bonchev–Trinajstić information content (AvgIpc) is 2.44. The van der Waals surface area contributed by atoms with Gasteiger partial charge in [-0.1, -0.05) is 48.0 Å². The van der Waals surface area contributed by atoms with Crippen LogP contribution in [0.3, 0.4) is 0 Å². The van der Waals surface area contributed by atoms with Gasteiger partial charge in [0, 0.05) is 12.1 Å². The Kier molecular flexibility index (Phi) is 4.66. The van der Waals surface area contributed by atoms with Gasteiger partial charge in [0.05, 0.1) is 12.6 Å². The first-order chi connectivity index (χ1) is 9.20. The van der Waals surface area contributed by atoms with E-state index in [-0.39, 0.29) is 18.5 Å². The van der Waals surface area contributed by atoms with E-state index < -0.39 is 0 Å². The highest BCUT2D eigenvalue weighted by Gasteiger charge is 2.10. The smallest absolute Gasteiger partial charge is 0.127 e. The van der Waals surface area contributed by atoms with Crippen molar-refractivity contribution in [2.24, 2.45) is 0 Å². The molecule has 0 aliphatic heterocycles. The lowest BCUT2D eigenvalue weighted by Crippen LogP contribution is -2.24. The zero-order chi connectivity index (χ0) is 13.7. The summed E-state index contributed by atoms with van der Waals surface area (Å²) in [5.74, 6) is -0.220. The normalized spacial score (nSPS) is 12.4. The van der Waals surface area contributed by atoms with E-state index in [1.165, 1.54) is 6.07 Å². The van der Waals surface area contributed by atoms with Crippen LogP contribution in [0.2, 0.25) is 0 Å². The number of aliphatic hydroxyl groups excluding tert-OH is 1. The molecule has 0 bridgehead atoms. The predicted octanol–water partition coefficient (Wildman–Crippen LogP) is 2.96. The molecule has 2 aromatic carbocycles. The Bertz CT molecular complexity index is 528. The van der Waals surface area contributed by atoms with Crippen molar-refractivity contribution in [3.63, 3.8) is 0 Å². The molecule has 0 unspecified atom stereocenters. The molecule has 2 rings (SSSR count). The van der Waals surface area contributed by atoms with E-state index in [4.69, 9.17) is 0 Å². The summed E-state index contributed by atoms with van der Waals surface area (Å²) in [6.45, 7) is 2.31. The van der Waals surface area contributed by atoms with Crippen molar-refractivity contribution in [3.8, 4) is 0 Å². The molecule has 0 fully saturated rings. The molecule has 2 nitrogen and oxygen atoms in total. The number of halogens is 1. The molecule has 0 saturated heterocycles. The van der Waals surface area contributed by atoms with E-state index in [0.717, 1.165) is 11.1 Å². The van der Waals surface area contributed by atoms with Gasteiger partial charge in [0.15, 0.2) is 0 Å². The van der Waals surface area contributed by atoms with Crippen LogP contribution in [-0.2, 0) is 6.54 Å². The highest BCUT2D eigenvalue weighted by molar-refractivity contribution is 5.25.